The monoisotopic (exact) mass is 313 g/mol. The number of pyridine rings is 1. The molecule has 0 aliphatic carbocycles. The minimum atomic E-state index is -3.65. The van der Waals surface area contributed by atoms with E-state index in [4.69, 9.17) is 10.5 Å². The Morgan fingerprint density at radius 3 is 2.81 bits per heavy atom. The molecule has 2 heterocycles. The molecule has 7 heteroatoms. The van der Waals surface area contributed by atoms with Crippen LogP contribution in [0.4, 0.5) is 5.69 Å². The van der Waals surface area contributed by atoms with Gasteiger partial charge in [0.25, 0.3) is 0 Å². The lowest BCUT2D eigenvalue weighted by Crippen LogP contribution is -2.48. The van der Waals surface area contributed by atoms with Gasteiger partial charge in [0.15, 0.2) is 0 Å². The van der Waals surface area contributed by atoms with E-state index in [9.17, 15) is 8.42 Å². The summed E-state index contributed by atoms with van der Waals surface area (Å²) < 4.78 is 33.5. The van der Waals surface area contributed by atoms with Crippen LogP contribution in [-0.4, -0.2) is 31.7 Å². The highest BCUT2D eigenvalue weighted by Crippen LogP contribution is 2.32. The molecule has 6 nitrogen and oxygen atoms in total. The molecule has 1 aliphatic heterocycles. The highest BCUT2D eigenvalue weighted by atomic mass is 32.2. The lowest BCUT2D eigenvalue weighted by atomic mass is 9.86. The van der Waals surface area contributed by atoms with Gasteiger partial charge in [0, 0.05) is 25.0 Å². The molecule has 1 unspecified atom stereocenters. The maximum Gasteiger partial charge on any atom is 0.244 e. The topological polar surface area (TPSA) is 94.3 Å². The van der Waals surface area contributed by atoms with Gasteiger partial charge >= 0.3 is 0 Å². The van der Waals surface area contributed by atoms with Gasteiger partial charge in [-0.1, -0.05) is 13.8 Å². The number of hydrogen-bond acceptors (Lipinski definition) is 5. The maximum absolute atomic E-state index is 12.4. The molecule has 3 N–H and O–H groups in total. The van der Waals surface area contributed by atoms with Crippen molar-refractivity contribution in [3.63, 3.8) is 0 Å². The van der Waals surface area contributed by atoms with E-state index in [2.05, 4.69) is 23.6 Å². The van der Waals surface area contributed by atoms with Gasteiger partial charge in [-0.15, -0.1) is 0 Å². The van der Waals surface area contributed by atoms with E-state index in [-0.39, 0.29) is 22.2 Å². The summed E-state index contributed by atoms with van der Waals surface area (Å²) >= 11 is 0. The molecule has 21 heavy (non-hydrogen) atoms. The molecule has 1 atom stereocenters. The summed E-state index contributed by atoms with van der Waals surface area (Å²) in [5.74, 6) is 0. The average molecular weight is 313 g/mol. The van der Waals surface area contributed by atoms with Gasteiger partial charge in [0.05, 0.1) is 11.3 Å². The first-order valence-corrected chi connectivity index (χ1v) is 8.76. The normalized spacial score (nSPS) is 22.1. The second-order valence-corrected chi connectivity index (χ2v) is 7.15. The number of nitrogens with one attached hydrogen (secondary N) is 1. The van der Waals surface area contributed by atoms with Crippen LogP contribution in [0.5, 0.6) is 0 Å². The number of nitrogens with zero attached hydrogens (tertiary/aromatic N) is 1. The molecule has 118 valence electrons. The van der Waals surface area contributed by atoms with Crippen LogP contribution in [0.15, 0.2) is 23.4 Å². The smallest absolute Gasteiger partial charge is 0.244 e. The zero-order chi connectivity index (χ0) is 15.5. The maximum atomic E-state index is 12.4. The average Bonchev–Trinajstić information content (AvgIpc) is 2.47. The molecular formula is C14H23N3O3S. The standard InChI is InChI=1S/C14H23N3O3S/c1-3-14(4-2)9-11(6-8-20-14)17-21(18,19)13-10-16-7-5-12(13)15/h5,7,10-11,17H,3-4,6,8-9H2,1-2H3,(H2,15,16). The Kier molecular flexibility index (Phi) is 4.85. The SMILES string of the molecule is CCC1(CC)CC(NS(=O)(=O)c2cnccc2N)CCO1. The number of rotatable bonds is 5. The van der Waals surface area contributed by atoms with Crippen molar-refractivity contribution < 1.29 is 13.2 Å². The largest absolute Gasteiger partial charge is 0.398 e. The van der Waals surface area contributed by atoms with Crippen molar-refractivity contribution in [1.82, 2.24) is 9.71 Å². The summed E-state index contributed by atoms with van der Waals surface area (Å²) in [4.78, 5) is 3.88. The van der Waals surface area contributed by atoms with Gasteiger partial charge < -0.3 is 10.5 Å². The fourth-order valence-corrected chi connectivity index (χ4v) is 4.11. The third-order valence-electron chi connectivity index (χ3n) is 4.21. The Morgan fingerprint density at radius 2 is 2.19 bits per heavy atom. The number of sulfonamides is 1. The Morgan fingerprint density at radius 1 is 1.48 bits per heavy atom. The highest BCUT2D eigenvalue weighted by Gasteiger charge is 2.36. The first-order valence-electron chi connectivity index (χ1n) is 7.28. The molecule has 0 saturated carbocycles. The van der Waals surface area contributed by atoms with Crippen LogP contribution in [0, 0.1) is 0 Å². The van der Waals surface area contributed by atoms with Crippen LogP contribution < -0.4 is 10.5 Å². The third kappa shape index (κ3) is 3.53. The molecule has 0 radical (unpaired) electrons. The number of nitrogen functional groups attached to an aromatic ring is 1. The first-order chi connectivity index (χ1) is 9.92. The van der Waals surface area contributed by atoms with E-state index in [1.807, 2.05) is 0 Å². The zero-order valence-electron chi connectivity index (χ0n) is 12.5. The molecule has 1 saturated heterocycles. The minimum absolute atomic E-state index is 0.0371. The second kappa shape index (κ2) is 6.29. The minimum Gasteiger partial charge on any atom is -0.398 e. The zero-order valence-corrected chi connectivity index (χ0v) is 13.3. The number of aromatic nitrogens is 1. The van der Waals surface area contributed by atoms with Gasteiger partial charge in [-0.2, -0.15) is 0 Å². The summed E-state index contributed by atoms with van der Waals surface area (Å²) in [7, 11) is -3.65. The molecule has 2 rings (SSSR count). The van der Waals surface area contributed by atoms with E-state index in [0.29, 0.717) is 19.4 Å². The van der Waals surface area contributed by atoms with Gasteiger partial charge in [0.1, 0.15) is 4.90 Å². The molecule has 1 aromatic rings. The van der Waals surface area contributed by atoms with Crippen molar-refractivity contribution in [2.75, 3.05) is 12.3 Å². The molecule has 0 amide bonds. The number of anilines is 1. The molecule has 1 fully saturated rings. The van der Waals surface area contributed by atoms with E-state index in [1.54, 1.807) is 0 Å². The Balaban J connectivity index is 2.16. The van der Waals surface area contributed by atoms with Crippen molar-refractivity contribution >= 4 is 15.7 Å². The highest BCUT2D eigenvalue weighted by molar-refractivity contribution is 7.89. The van der Waals surface area contributed by atoms with Gasteiger partial charge in [-0.3, -0.25) is 4.98 Å². The Labute approximate surface area is 126 Å². The van der Waals surface area contributed by atoms with Gasteiger partial charge in [-0.25, -0.2) is 13.1 Å². The predicted molar refractivity (Wildman–Crippen MR) is 81.3 cm³/mol. The molecule has 0 aromatic carbocycles. The fraction of sp³-hybridized carbons (Fsp3) is 0.643. The molecular weight excluding hydrogens is 290 g/mol. The van der Waals surface area contributed by atoms with Crippen LogP contribution in [0.3, 0.4) is 0 Å². The summed E-state index contributed by atoms with van der Waals surface area (Å²) in [5, 5.41) is 0. The van der Waals surface area contributed by atoms with Crippen LogP contribution in [-0.2, 0) is 14.8 Å². The van der Waals surface area contributed by atoms with Crippen LogP contribution >= 0.6 is 0 Å². The Bertz CT molecular complexity index is 585. The van der Waals surface area contributed by atoms with E-state index < -0.39 is 10.0 Å². The summed E-state index contributed by atoms with van der Waals surface area (Å²) in [5.41, 5.74) is 5.71. The lowest BCUT2D eigenvalue weighted by Gasteiger charge is -2.40. The van der Waals surface area contributed by atoms with Gasteiger partial charge in [-0.05, 0) is 31.7 Å². The lowest BCUT2D eigenvalue weighted by molar-refractivity contribution is -0.0905. The van der Waals surface area contributed by atoms with Crippen molar-refractivity contribution in [2.45, 2.75) is 56.1 Å². The van der Waals surface area contributed by atoms with E-state index in [0.717, 1.165) is 12.8 Å². The van der Waals surface area contributed by atoms with E-state index in [1.165, 1.54) is 18.5 Å². The summed E-state index contributed by atoms with van der Waals surface area (Å²) in [6.45, 7) is 4.70. The van der Waals surface area contributed by atoms with Gasteiger partial charge in [0.2, 0.25) is 10.0 Å². The van der Waals surface area contributed by atoms with Crippen molar-refractivity contribution in [1.29, 1.82) is 0 Å². The van der Waals surface area contributed by atoms with Crippen LogP contribution in [0.25, 0.3) is 0 Å². The quantitative estimate of drug-likeness (QED) is 0.862. The summed E-state index contributed by atoms with van der Waals surface area (Å²) in [6.07, 6.45) is 5.85. The fourth-order valence-electron chi connectivity index (χ4n) is 2.77. The van der Waals surface area contributed by atoms with E-state index >= 15 is 0 Å². The van der Waals surface area contributed by atoms with Crippen LogP contribution in [0.2, 0.25) is 0 Å². The Hall–Kier alpha value is -1.18. The number of hydrogen-bond donors (Lipinski definition) is 2. The molecule has 1 aliphatic rings. The van der Waals surface area contributed by atoms with Crippen molar-refractivity contribution in [3.05, 3.63) is 18.5 Å². The summed E-state index contributed by atoms with van der Waals surface area (Å²) in [6, 6.07) is 1.35. The predicted octanol–water partition coefficient (Wildman–Crippen LogP) is 1.68. The number of nitrogens with two attached hydrogens (primary N) is 1. The van der Waals surface area contributed by atoms with Crippen molar-refractivity contribution in [3.8, 4) is 0 Å². The third-order valence-corrected chi connectivity index (χ3v) is 5.77. The first kappa shape index (κ1) is 16.2. The number of ether oxygens (including phenoxy) is 1. The molecule has 0 bridgehead atoms. The van der Waals surface area contributed by atoms with Crippen LogP contribution in [0.1, 0.15) is 39.5 Å². The molecule has 1 aromatic heterocycles. The second-order valence-electron chi connectivity index (χ2n) is 5.46. The molecule has 0 spiro atoms. The van der Waals surface area contributed by atoms with Crippen molar-refractivity contribution in [2.24, 2.45) is 0 Å².